The number of likely N-dealkylation sites (tertiary alicyclic amines) is 1. The lowest BCUT2D eigenvalue weighted by Crippen LogP contribution is -2.51. The average molecular weight is 528 g/mol. The van der Waals surface area contributed by atoms with Gasteiger partial charge in [-0.15, -0.1) is 0 Å². The van der Waals surface area contributed by atoms with Crippen molar-refractivity contribution in [2.75, 3.05) is 55.3 Å². The minimum Gasteiger partial charge on any atom is -0.365 e. The van der Waals surface area contributed by atoms with E-state index in [9.17, 15) is 5.26 Å². The Kier molecular flexibility index (Phi) is 7.42. The Hall–Kier alpha value is -2.86. The first-order valence-corrected chi connectivity index (χ1v) is 14.9. The van der Waals surface area contributed by atoms with E-state index in [4.69, 9.17) is 9.97 Å². The molecule has 2 aromatic carbocycles. The number of nitriles is 1. The van der Waals surface area contributed by atoms with Gasteiger partial charge in [0.2, 0.25) is 0 Å². The lowest BCUT2D eigenvalue weighted by Gasteiger charge is -2.37. The smallest absolute Gasteiger partial charge is 0.189 e. The van der Waals surface area contributed by atoms with Crippen molar-refractivity contribution in [1.29, 1.82) is 5.26 Å². The van der Waals surface area contributed by atoms with Gasteiger partial charge in [-0.3, -0.25) is 0 Å². The van der Waals surface area contributed by atoms with Crippen LogP contribution in [-0.2, 0) is 13.0 Å². The van der Waals surface area contributed by atoms with Crippen LogP contribution in [0.25, 0.3) is 10.8 Å². The van der Waals surface area contributed by atoms with Crippen LogP contribution in [0.15, 0.2) is 41.6 Å². The van der Waals surface area contributed by atoms with Gasteiger partial charge in [-0.25, -0.2) is 9.97 Å². The summed E-state index contributed by atoms with van der Waals surface area (Å²) >= 11 is 1.81. The van der Waals surface area contributed by atoms with Crippen LogP contribution >= 0.6 is 11.8 Å². The molecule has 3 aliphatic heterocycles. The maximum Gasteiger partial charge on any atom is 0.189 e. The SMILES string of the molecule is Cc1cccc2cccc(N3CCc4c(nc(SCC5CCCN5C)nc4N4CCNC(CC#N)C4)C3)c12. The Morgan fingerprint density at radius 1 is 1.11 bits per heavy atom. The molecule has 3 aromatic rings. The third kappa shape index (κ3) is 5.07. The van der Waals surface area contributed by atoms with Gasteiger partial charge in [0, 0.05) is 60.7 Å². The molecule has 2 saturated heterocycles. The Bertz CT molecular complexity index is 1350. The van der Waals surface area contributed by atoms with Crippen LogP contribution in [0.1, 0.15) is 36.1 Å². The number of anilines is 2. The van der Waals surface area contributed by atoms with E-state index in [2.05, 4.69) is 76.5 Å². The largest absolute Gasteiger partial charge is 0.365 e. The number of thioether (sulfide) groups is 1. The minimum absolute atomic E-state index is 0.182. The van der Waals surface area contributed by atoms with Crippen molar-refractivity contribution >= 4 is 34.0 Å². The first kappa shape index (κ1) is 25.4. The summed E-state index contributed by atoms with van der Waals surface area (Å²) in [7, 11) is 2.23. The molecule has 0 aliphatic carbocycles. The molecule has 0 saturated carbocycles. The number of rotatable bonds is 6. The maximum absolute atomic E-state index is 9.29. The standard InChI is InChI=1S/C30H37N7S/c1-21-6-3-7-22-8-4-10-27(28(21)22)36-16-12-25-26(19-36)33-30(38-20-24-9-5-15-35(24)2)34-29(25)37-17-14-32-23(18-37)11-13-31/h3-4,6-8,10,23-24,32H,5,9,11-12,14-20H2,1-2H3. The summed E-state index contributed by atoms with van der Waals surface area (Å²) in [5, 5.41) is 16.3. The number of hydrogen-bond donors (Lipinski definition) is 1. The molecule has 3 aliphatic rings. The Labute approximate surface area is 230 Å². The van der Waals surface area contributed by atoms with E-state index >= 15 is 0 Å². The molecule has 2 fully saturated rings. The summed E-state index contributed by atoms with van der Waals surface area (Å²) in [6.07, 6.45) is 3.98. The Balaban J connectivity index is 1.34. The fourth-order valence-electron chi connectivity index (χ4n) is 6.31. The number of benzene rings is 2. The Morgan fingerprint density at radius 2 is 1.97 bits per heavy atom. The van der Waals surface area contributed by atoms with Crippen LogP contribution in [0.2, 0.25) is 0 Å². The zero-order chi connectivity index (χ0) is 26.1. The lowest BCUT2D eigenvalue weighted by molar-refractivity contribution is 0.335. The van der Waals surface area contributed by atoms with Gasteiger partial charge in [0.15, 0.2) is 5.16 Å². The van der Waals surface area contributed by atoms with Crippen LogP contribution in [-0.4, -0.2) is 72.5 Å². The van der Waals surface area contributed by atoms with E-state index in [1.807, 2.05) is 11.8 Å². The van der Waals surface area contributed by atoms with E-state index in [-0.39, 0.29) is 6.04 Å². The van der Waals surface area contributed by atoms with Gasteiger partial charge in [0.05, 0.1) is 24.7 Å². The van der Waals surface area contributed by atoms with Gasteiger partial charge in [0.25, 0.3) is 0 Å². The summed E-state index contributed by atoms with van der Waals surface area (Å²) in [4.78, 5) is 17.7. The zero-order valence-corrected chi connectivity index (χ0v) is 23.3. The normalized spacial score (nSPS) is 22.0. The van der Waals surface area contributed by atoms with Crippen LogP contribution in [0.5, 0.6) is 0 Å². The molecular weight excluding hydrogens is 490 g/mol. The molecule has 1 N–H and O–H groups in total. The summed E-state index contributed by atoms with van der Waals surface area (Å²) in [5.74, 6) is 2.12. The highest BCUT2D eigenvalue weighted by Crippen LogP contribution is 2.36. The molecule has 0 amide bonds. The van der Waals surface area contributed by atoms with Gasteiger partial charge in [-0.1, -0.05) is 42.1 Å². The molecule has 38 heavy (non-hydrogen) atoms. The summed E-state index contributed by atoms with van der Waals surface area (Å²) < 4.78 is 0. The zero-order valence-electron chi connectivity index (χ0n) is 22.5. The number of fused-ring (bicyclic) bond motifs is 2. The van der Waals surface area contributed by atoms with Crippen LogP contribution in [0, 0.1) is 18.3 Å². The number of nitrogens with one attached hydrogen (secondary N) is 1. The molecule has 0 radical (unpaired) electrons. The fraction of sp³-hybridized carbons (Fsp3) is 0.500. The van der Waals surface area contributed by atoms with Gasteiger partial charge in [-0.05, 0) is 56.8 Å². The molecular formula is C30H37N7S. The van der Waals surface area contributed by atoms with Crippen molar-refractivity contribution in [3.05, 3.63) is 53.2 Å². The second kappa shape index (κ2) is 11.1. The molecule has 0 bridgehead atoms. The van der Waals surface area contributed by atoms with Crippen LogP contribution in [0.4, 0.5) is 11.5 Å². The first-order valence-electron chi connectivity index (χ1n) is 13.9. The van der Waals surface area contributed by atoms with Crippen molar-refractivity contribution in [2.45, 2.75) is 56.4 Å². The highest BCUT2D eigenvalue weighted by molar-refractivity contribution is 7.99. The molecule has 8 heteroatoms. The highest BCUT2D eigenvalue weighted by atomic mass is 32.2. The monoisotopic (exact) mass is 527 g/mol. The van der Waals surface area contributed by atoms with Crippen molar-refractivity contribution in [1.82, 2.24) is 20.2 Å². The number of piperazine rings is 1. The van der Waals surface area contributed by atoms with Gasteiger partial charge in [-0.2, -0.15) is 5.26 Å². The molecule has 0 spiro atoms. The number of aryl methyl sites for hydroxylation is 1. The number of nitrogens with zero attached hydrogens (tertiary/aromatic N) is 6. The molecule has 4 heterocycles. The molecule has 7 nitrogen and oxygen atoms in total. The van der Waals surface area contributed by atoms with Gasteiger partial charge >= 0.3 is 0 Å². The van der Waals surface area contributed by atoms with Crippen molar-refractivity contribution < 1.29 is 0 Å². The highest BCUT2D eigenvalue weighted by Gasteiger charge is 2.29. The average Bonchev–Trinajstić information content (AvgIpc) is 3.35. The lowest BCUT2D eigenvalue weighted by atomic mass is 9.99. The number of aromatic nitrogens is 2. The van der Waals surface area contributed by atoms with Gasteiger partial charge < -0.3 is 20.0 Å². The maximum atomic E-state index is 9.29. The fourth-order valence-corrected chi connectivity index (χ4v) is 7.40. The minimum atomic E-state index is 0.182. The van der Waals surface area contributed by atoms with Crippen molar-refractivity contribution in [2.24, 2.45) is 0 Å². The molecule has 198 valence electrons. The molecule has 2 unspecified atom stereocenters. The summed E-state index contributed by atoms with van der Waals surface area (Å²) in [6, 6.07) is 16.3. The summed E-state index contributed by atoms with van der Waals surface area (Å²) in [6.45, 7) is 7.74. The third-order valence-electron chi connectivity index (χ3n) is 8.42. The Morgan fingerprint density at radius 3 is 2.79 bits per heavy atom. The van der Waals surface area contributed by atoms with E-state index < -0.39 is 0 Å². The van der Waals surface area contributed by atoms with E-state index in [0.29, 0.717) is 12.5 Å². The van der Waals surface area contributed by atoms with E-state index in [0.717, 1.165) is 61.6 Å². The molecule has 1 aromatic heterocycles. The number of hydrogen-bond acceptors (Lipinski definition) is 8. The molecule has 2 atom stereocenters. The van der Waals surface area contributed by atoms with Crippen molar-refractivity contribution in [3.8, 4) is 6.07 Å². The quantitative estimate of drug-likeness (QED) is 0.374. The van der Waals surface area contributed by atoms with Gasteiger partial charge in [0.1, 0.15) is 5.82 Å². The summed E-state index contributed by atoms with van der Waals surface area (Å²) in [5.41, 5.74) is 5.06. The van der Waals surface area contributed by atoms with E-state index in [1.54, 1.807) is 0 Å². The second-order valence-corrected chi connectivity index (χ2v) is 11.9. The predicted octanol–water partition coefficient (Wildman–Crippen LogP) is 4.38. The first-order chi connectivity index (χ1) is 18.6. The second-order valence-electron chi connectivity index (χ2n) is 10.9. The van der Waals surface area contributed by atoms with Crippen molar-refractivity contribution in [3.63, 3.8) is 0 Å². The third-order valence-corrected chi connectivity index (χ3v) is 9.42. The van der Waals surface area contributed by atoms with Crippen LogP contribution < -0.4 is 15.1 Å². The molecule has 6 rings (SSSR count). The van der Waals surface area contributed by atoms with E-state index in [1.165, 1.54) is 47.0 Å². The predicted molar refractivity (Wildman–Crippen MR) is 156 cm³/mol. The topological polar surface area (TPSA) is 71.3 Å². The van der Waals surface area contributed by atoms with Crippen LogP contribution in [0.3, 0.4) is 0 Å².